The highest BCUT2D eigenvalue weighted by atomic mass is 32.2. The second kappa shape index (κ2) is 10.2. The van der Waals surface area contributed by atoms with Gasteiger partial charge < -0.3 is 4.57 Å². The van der Waals surface area contributed by atoms with Gasteiger partial charge in [-0.1, -0.05) is 36.4 Å². The summed E-state index contributed by atoms with van der Waals surface area (Å²) in [6.45, 7) is 0. The van der Waals surface area contributed by atoms with E-state index in [4.69, 9.17) is 39.2 Å². The predicted octanol–water partition coefficient (Wildman–Crippen LogP) is 1.51. The molecule has 4 rings (SSSR count). The number of nitrogens with one attached hydrogen (secondary N) is 1. The number of hydrogen-bond acceptors (Lipinski definition) is 3. The molecule has 1 N–H and O–H groups in total. The molecule has 38 heavy (non-hydrogen) atoms. The fourth-order valence-corrected chi connectivity index (χ4v) is 5.76. The van der Waals surface area contributed by atoms with E-state index in [2.05, 4.69) is 4.72 Å². The zero-order chi connectivity index (χ0) is 28.0. The van der Waals surface area contributed by atoms with Crippen molar-refractivity contribution in [1.82, 2.24) is 9.29 Å². The number of halogens is 2. The summed E-state index contributed by atoms with van der Waals surface area (Å²) in [6.07, 6.45) is 3.40. The van der Waals surface area contributed by atoms with Gasteiger partial charge in [0.15, 0.2) is 11.6 Å². The summed E-state index contributed by atoms with van der Waals surface area (Å²) in [6, 6.07) is 11.6. The van der Waals surface area contributed by atoms with Crippen LogP contribution < -0.4 is 10.3 Å². The van der Waals surface area contributed by atoms with Crippen molar-refractivity contribution in [3.8, 4) is 11.1 Å². The van der Waals surface area contributed by atoms with Crippen molar-refractivity contribution in [1.29, 1.82) is 0 Å². The number of rotatable bonds is 7. The number of aryl methyl sites for hydroxylation is 1. The van der Waals surface area contributed by atoms with Gasteiger partial charge in [0.25, 0.3) is 5.56 Å². The highest BCUT2D eigenvalue weighted by molar-refractivity contribution is 7.88. The normalized spacial score (nSPS) is 18.2. The minimum absolute atomic E-state index is 0.0743. The number of sulfonamides is 1. The fraction of sp³-hybridized carbons (Fsp3) is 0.320. The average molecular weight is 522 g/mol. The lowest BCUT2D eigenvalue weighted by Crippen LogP contribution is -2.54. The molecule has 184 valence electrons. The molecule has 2 aromatic carbocycles. The molecule has 5 nitrogen and oxygen atoms in total. The van der Waals surface area contributed by atoms with Crippen LogP contribution in [-0.2, 0) is 28.2 Å². The van der Waals surface area contributed by atoms with Crippen molar-refractivity contribution < 1.29 is 17.2 Å². The van der Waals surface area contributed by atoms with Gasteiger partial charge in [0.1, 0.15) is 0 Å². The molecular formula is C25H21B5F2N2O3S. The first-order valence-electron chi connectivity index (χ1n) is 11.8. The van der Waals surface area contributed by atoms with Crippen molar-refractivity contribution in [2.75, 3.05) is 6.26 Å². The Balaban J connectivity index is 1.84. The predicted molar refractivity (Wildman–Crippen MR) is 148 cm³/mol. The highest BCUT2D eigenvalue weighted by Gasteiger charge is 2.38. The van der Waals surface area contributed by atoms with E-state index in [1.807, 2.05) is 0 Å². The molecule has 0 amide bonds. The standard InChI is InChI=1S/C25H21B5F2N2O3S/c1-38(36,37)33-20-9-8-15-10-11-34(25(29,30)24(26,27)28)23(35)21(15)18(20)13-14-4-2-5-16(12-14)17-6-3-7-19(31)22(17)32/h2-7,10-12,18,20,33H,8-9,13H2,1H3. The third-order valence-electron chi connectivity index (χ3n) is 6.90. The lowest BCUT2D eigenvalue weighted by molar-refractivity contribution is 0.420. The minimum Gasteiger partial charge on any atom is -0.329 e. The van der Waals surface area contributed by atoms with Gasteiger partial charge >= 0.3 is 0 Å². The summed E-state index contributed by atoms with van der Waals surface area (Å²) in [4.78, 5) is 13.8. The second-order valence-electron chi connectivity index (χ2n) is 9.84. The molecule has 0 bridgehead atoms. The minimum atomic E-state index is -3.65. The molecule has 0 fully saturated rings. The largest absolute Gasteiger partial charge is 0.329 e. The Kier molecular flexibility index (Phi) is 7.67. The quantitative estimate of drug-likeness (QED) is 0.480. The van der Waals surface area contributed by atoms with E-state index in [0.717, 1.165) is 16.9 Å². The first kappa shape index (κ1) is 28.5. The Hall–Kier alpha value is -2.52. The summed E-state index contributed by atoms with van der Waals surface area (Å²) in [5.74, 6) is -2.63. The van der Waals surface area contributed by atoms with Gasteiger partial charge in [-0.25, -0.2) is 21.9 Å². The Morgan fingerprint density at radius 3 is 2.39 bits per heavy atom. The summed E-state index contributed by atoms with van der Waals surface area (Å²) >= 11 is 0. The third-order valence-corrected chi connectivity index (χ3v) is 7.63. The van der Waals surface area contributed by atoms with Crippen molar-refractivity contribution in [3.63, 3.8) is 0 Å². The van der Waals surface area contributed by atoms with Crippen LogP contribution in [0.5, 0.6) is 0 Å². The molecule has 3 aromatic rings. The van der Waals surface area contributed by atoms with E-state index in [1.165, 1.54) is 18.3 Å². The van der Waals surface area contributed by atoms with Crippen LogP contribution in [0.3, 0.4) is 0 Å². The number of fused-ring (bicyclic) bond motifs is 1. The van der Waals surface area contributed by atoms with Gasteiger partial charge in [-0.15, -0.1) is 5.11 Å². The Labute approximate surface area is 227 Å². The fourth-order valence-electron chi connectivity index (χ4n) is 4.92. The van der Waals surface area contributed by atoms with E-state index in [0.29, 0.717) is 29.5 Å². The van der Waals surface area contributed by atoms with Gasteiger partial charge in [0.05, 0.1) is 45.5 Å². The first-order valence-corrected chi connectivity index (χ1v) is 13.7. The van der Waals surface area contributed by atoms with Crippen LogP contribution >= 0.6 is 0 Å². The lowest BCUT2D eigenvalue weighted by Gasteiger charge is -2.44. The maximum atomic E-state index is 14.5. The van der Waals surface area contributed by atoms with Gasteiger partial charge in [-0.3, -0.25) is 4.79 Å². The molecule has 0 spiro atoms. The van der Waals surface area contributed by atoms with Crippen LogP contribution in [0.2, 0.25) is 5.11 Å². The van der Waals surface area contributed by atoms with Gasteiger partial charge in [0.2, 0.25) is 10.0 Å². The van der Waals surface area contributed by atoms with Crippen molar-refractivity contribution in [3.05, 3.63) is 93.4 Å². The lowest BCUT2D eigenvalue weighted by atomic mass is 9.26. The van der Waals surface area contributed by atoms with E-state index >= 15 is 0 Å². The molecule has 1 heterocycles. The zero-order valence-corrected chi connectivity index (χ0v) is 21.5. The molecule has 2 unspecified atom stereocenters. The van der Waals surface area contributed by atoms with Crippen molar-refractivity contribution in [2.24, 2.45) is 0 Å². The van der Waals surface area contributed by atoms with Gasteiger partial charge in [0, 0.05) is 29.3 Å². The molecule has 0 saturated carbocycles. The monoisotopic (exact) mass is 522 g/mol. The van der Waals surface area contributed by atoms with Crippen LogP contribution in [0, 0.1) is 11.6 Å². The summed E-state index contributed by atoms with van der Waals surface area (Å²) < 4.78 is 56.3. The van der Waals surface area contributed by atoms with E-state index in [9.17, 15) is 22.0 Å². The molecule has 2 atom stereocenters. The Bertz CT molecular complexity index is 1540. The molecule has 10 radical (unpaired) electrons. The maximum absolute atomic E-state index is 14.5. The molecular weight excluding hydrogens is 500 g/mol. The van der Waals surface area contributed by atoms with E-state index in [-0.39, 0.29) is 17.5 Å². The van der Waals surface area contributed by atoms with Crippen LogP contribution in [0.1, 0.15) is 29.0 Å². The van der Waals surface area contributed by atoms with Crippen LogP contribution in [0.4, 0.5) is 8.78 Å². The average Bonchev–Trinajstić information content (AvgIpc) is 2.81. The Morgan fingerprint density at radius 1 is 1.05 bits per heavy atom. The summed E-state index contributed by atoms with van der Waals surface area (Å²) in [5.41, 5.74) is 1.52. The molecule has 1 aliphatic rings. The summed E-state index contributed by atoms with van der Waals surface area (Å²) in [5, 5.41) is -4.33. The SMILES string of the molecule is [B]C([B])([B])C([B])([B])n1ccc2c(c1=O)C(Cc1cccc(-c3cccc(F)c3F)c1)C(NS(C)(=O)=O)CC2. The number of aromatic nitrogens is 1. The summed E-state index contributed by atoms with van der Waals surface area (Å²) in [7, 11) is 25.8. The molecule has 1 aliphatic carbocycles. The molecule has 13 heteroatoms. The zero-order valence-electron chi connectivity index (χ0n) is 20.7. The van der Waals surface area contributed by atoms with Crippen molar-refractivity contribution >= 4 is 49.3 Å². The Morgan fingerprint density at radius 2 is 1.74 bits per heavy atom. The molecule has 0 aliphatic heterocycles. The topological polar surface area (TPSA) is 68.2 Å². The van der Waals surface area contributed by atoms with Crippen molar-refractivity contribution in [2.45, 2.75) is 41.7 Å². The van der Waals surface area contributed by atoms with Crippen LogP contribution in [0.15, 0.2) is 59.5 Å². The van der Waals surface area contributed by atoms with Gasteiger partial charge in [-0.05, 0) is 53.4 Å². The van der Waals surface area contributed by atoms with Crippen LogP contribution in [-0.4, -0.2) is 64.5 Å². The number of benzene rings is 2. The number of nitrogens with zero attached hydrogens (tertiary/aromatic N) is 1. The smallest absolute Gasteiger partial charge is 0.253 e. The van der Waals surface area contributed by atoms with E-state index in [1.54, 1.807) is 30.3 Å². The third kappa shape index (κ3) is 5.59. The number of pyridine rings is 1. The molecule has 0 saturated heterocycles. The highest BCUT2D eigenvalue weighted by Crippen LogP contribution is 2.36. The molecule has 1 aromatic heterocycles. The first-order chi connectivity index (χ1) is 17.6. The van der Waals surface area contributed by atoms with Crippen LogP contribution in [0.25, 0.3) is 11.1 Å². The maximum Gasteiger partial charge on any atom is 0.253 e. The second-order valence-corrected chi connectivity index (χ2v) is 11.6. The van der Waals surface area contributed by atoms with Gasteiger partial charge in [-0.2, -0.15) is 0 Å². The van der Waals surface area contributed by atoms with E-state index < -0.39 is 49.6 Å². The number of hydrogen-bond donors (Lipinski definition) is 1.